The van der Waals surface area contributed by atoms with Crippen molar-refractivity contribution >= 4 is 8.32 Å². The molecule has 1 unspecified atom stereocenters. The summed E-state index contributed by atoms with van der Waals surface area (Å²) in [5.74, 6) is 0. The Kier molecular flexibility index (Phi) is 5.72. The van der Waals surface area contributed by atoms with Crippen LogP contribution in [0.1, 0.15) is 39.2 Å². The number of rotatable bonds is 6. The molecule has 0 aromatic heterocycles. The minimum absolute atomic E-state index is 0.0306. The van der Waals surface area contributed by atoms with Crippen LogP contribution in [-0.2, 0) is 10.8 Å². The zero-order valence-corrected chi connectivity index (χ0v) is 16.5. The van der Waals surface area contributed by atoms with Gasteiger partial charge in [0.1, 0.15) is 0 Å². The molecule has 1 saturated heterocycles. The Balaban J connectivity index is 1.95. The highest BCUT2D eigenvalue weighted by atomic mass is 28.4. The Morgan fingerprint density at radius 1 is 1.26 bits per heavy atom. The van der Waals surface area contributed by atoms with E-state index >= 15 is 0 Å². The molecule has 1 heterocycles. The second-order valence-electron chi connectivity index (χ2n) is 8.56. The molecule has 1 fully saturated rings. The van der Waals surface area contributed by atoms with E-state index in [1.54, 1.807) is 0 Å². The van der Waals surface area contributed by atoms with E-state index in [1.165, 1.54) is 5.56 Å². The number of benzene rings is 1. The maximum atomic E-state index is 6.59. The summed E-state index contributed by atoms with van der Waals surface area (Å²) in [4.78, 5) is 0. The molecule has 0 amide bonds. The Bertz CT molecular complexity index is 498. The van der Waals surface area contributed by atoms with Crippen LogP contribution in [0.25, 0.3) is 0 Å². The van der Waals surface area contributed by atoms with Gasteiger partial charge in [-0.25, -0.2) is 0 Å². The molecule has 0 spiro atoms. The molecule has 1 aromatic rings. The normalized spacial score (nSPS) is 25.7. The molecular weight excluding hydrogens is 300 g/mol. The minimum atomic E-state index is -1.71. The monoisotopic (exact) mass is 334 g/mol. The molecule has 1 aromatic carbocycles. The largest absolute Gasteiger partial charge is 0.413 e. The topological polar surface area (TPSA) is 47.3 Å². The van der Waals surface area contributed by atoms with Crippen molar-refractivity contribution < 1.29 is 4.43 Å². The average Bonchev–Trinajstić information content (AvgIpc) is 2.88. The number of aryl methyl sites for hydroxylation is 1. The quantitative estimate of drug-likeness (QED) is 0.780. The fourth-order valence-electron chi connectivity index (χ4n) is 3.06. The van der Waals surface area contributed by atoms with Crippen molar-refractivity contribution in [2.75, 3.05) is 13.1 Å². The summed E-state index contributed by atoms with van der Waals surface area (Å²) in [7, 11) is -1.71. The van der Waals surface area contributed by atoms with Gasteiger partial charge in [-0.05, 0) is 43.0 Å². The van der Waals surface area contributed by atoms with Crippen molar-refractivity contribution in [1.29, 1.82) is 0 Å². The third kappa shape index (κ3) is 4.66. The number of nitrogens with two attached hydrogens (primary N) is 1. The van der Waals surface area contributed by atoms with E-state index in [-0.39, 0.29) is 10.6 Å². The van der Waals surface area contributed by atoms with Gasteiger partial charge in [-0.2, -0.15) is 0 Å². The van der Waals surface area contributed by atoms with Gasteiger partial charge in [0.15, 0.2) is 8.32 Å². The van der Waals surface area contributed by atoms with Crippen LogP contribution in [0.5, 0.6) is 0 Å². The van der Waals surface area contributed by atoms with Gasteiger partial charge in [0.25, 0.3) is 0 Å². The van der Waals surface area contributed by atoms with Crippen molar-refractivity contribution in [3.63, 3.8) is 0 Å². The van der Waals surface area contributed by atoms with Crippen molar-refractivity contribution in [2.45, 2.75) is 69.8 Å². The van der Waals surface area contributed by atoms with Gasteiger partial charge in [0.05, 0.1) is 6.10 Å². The third-order valence-electron chi connectivity index (χ3n) is 5.72. The smallest absolute Gasteiger partial charge is 0.192 e. The molecule has 0 saturated carbocycles. The molecule has 1 aliphatic heterocycles. The predicted octanol–water partition coefficient (Wildman–Crippen LogP) is 3.70. The lowest BCUT2D eigenvalue weighted by atomic mass is 9.89. The molecule has 4 heteroatoms. The lowest BCUT2D eigenvalue weighted by Gasteiger charge is -2.38. The summed E-state index contributed by atoms with van der Waals surface area (Å²) in [6, 6.07) is 10.7. The van der Waals surface area contributed by atoms with Gasteiger partial charge in [0.2, 0.25) is 0 Å². The predicted molar refractivity (Wildman–Crippen MR) is 101 cm³/mol. The maximum Gasteiger partial charge on any atom is 0.192 e. The van der Waals surface area contributed by atoms with Crippen molar-refractivity contribution in [2.24, 2.45) is 5.73 Å². The Morgan fingerprint density at radius 3 is 2.48 bits per heavy atom. The summed E-state index contributed by atoms with van der Waals surface area (Å²) in [5, 5.41) is 3.94. The summed E-state index contributed by atoms with van der Waals surface area (Å²) in [6.45, 7) is 13.2. The van der Waals surface area contributed by atoms with Gasteiger partial charge >= 0.3 is 0 Å². The first-order chi connectivity index (χ1) is 10.7. The molecule has 3 N–H and O–H groups in total. The lowest BCUT2D eigenvalue weighted by Crippen LogP contribution is -2.47. The molecule has 1 aliphatic rings. The Labute approximate surface area is 143 Å². The third-order valence-corrected chi connectivity index (χ3v) is 10.3. The molecule has 0 radical (unpaired) electrons. The van der Waals surface area contributed by atoms with Gasteiger partial charge < -0.3 is 15.5 Å². The standard InChI is InChI=1S/C19H34N2OSi/c1-18(2,3)23(4,5)22-17-13-19(15-20,21-14-17)12-11-16-9-7-6-8-10-16/h6-10,17,21H,11-15,20H2,1-5H3/t17?,19-/m0/s1. The highest BCUT2D eigenvalue weighted by Crippen LogP contribution is 2.39. The molecule has 2 rings (SSSR count). The molecule has 2 atom stereocenters. The average molecular weight is 335 g/mol. The molecule has 0 bridgehead atoms. The highest BCUT2D eigenvalue weighted by molar-refractivity contribution is 6.74. The second kappa shape index (κ2) is 7.05. The Hall–Kier alpha value is -0.683. The Morgan fingerprint density at radius 2 is 1.91 bits per heavy atom. The van der Waals surface area contributed by atoms with Crippen LogP contribution in [-0.4, -0.2) is 33.0 Å². The van der Waals surface area contributed by atoms with Crippen molar-refractivity contribution in [3.05, 3.63) is 35.9 Å². The second-order valence-corrected chi connectivity index (χ2v) is 13.3. The summed E-state index contributed by atoms with van der Waals surface area (Å²) < 4.78 is 6.59. The molecular formula is C19H34N2OSi. The van der Waals surface area contributed by atoms with Gasteiger partial charge in [-0.3, -0.25) is 0 Å². The maximum absolute atomic E-state index is 6.59. The van der Waals surface area contributed by atoms with Crippen LogP contribution < -0.4 is 11.1 Å². The first kappa shape index (κ1) is 18.7. The van der Waals surface area contributed by atoms with E-state index in [9.17, 15) is 0 Å². The zero-order valence-electron chi connectivity index (χ0n) is 15.5. The zero-order chi connectivity index (χ0) is 17.1. The van der Waals surface area contributed by atoms with E-state index in [0.717, 1.165) is 25.8 Å². The van der Waals surface area contributed by atoms with Gasteiger partial charge in [-0.1, -0.05) is 51.1 Å². The highest BCUT2D eigenvalue weighted by Gasteiger charge is 2.44. The van der Waals surface area contributed by atoms with Crippen molar-refractivity contribution in [1.82, 2.24) is 5.32 Å². The van der Waals surface area contributed by atoms with E-state index in [0.29, 0.717) is 12.6 Å². The first-order valence-electron chi connectivity index (χ1n) is 8.84. The molecule has 3 nitrogen and oxygen atoms in total. The lowest BCUT2D eigenvalue weighted by molar-refractivity contribution is 0.188. The van der Waals surface area contributed by atoms with Crippen LogP contribution in [0, 0.1) is 0 Å². The van der Waals surface area contributed by atoms with E-state index in [4.69, 9.17) is 10.2 Å². The van der Waals surface area contributed by atoms with Crippen LogP contribution in [0.2, 0.25) is 18.1 Å². The molecule has 130 valence electrons. The van der Waals surface area contributed by atoms with Crippen molar-refractivity contribution in [3.8, 4) is 0 Å². The summed E-state index contributed by atoms with van der Waals surface area (Å²) in [5.41, 5.74) is 7.55. The number of nitrogens with one attached hydrogen (secondary N) is 1. The van der Waals surface area contributed by atoms with Gasteiger partial charge in [-0.15, -0.1) is 0 Å². The SMILES string of the molecule is CC(C)(C)[Si](C)(C)OC1CN[C@@](CN)(CCc2ccccc2)C1. The fraction of sp³-hybridized carbons (Fsp3) is 0.684. The molecule has 23 heavy (non-hydrogen) atoms. The van der Waals surface area contributed by atoms with Crippen LogP contribution in [0.4, 0.5) is 0 Å². The summed E-state index contributed by atoms with van der Waals surface area (Å²) >= 11 is 0. The molecule has 0 aliphatic carbocycles. The summed E-state index contributed by atoms with van der Waals surface area (Å²) in [6.07, 6.45) is 3.47. The van der Waals surface area contributed by atoms with E-state index in [2.05, 4.69) is 69.5 Å². The van der Waals surface area contributed by atoms with Gasteiger partial charge in [0, 0.05) is 18.6 Å². The number of hydrogen-bond acceptors (Lipinski definition) is 3. The minimum Gasteiger partial charge on any atom is -0.413 e. The first-order valence-corrected chi connectivity index (χ1v) is 11.8. The van der Waals surface area contributed by atoms with E-state index in [1.807, 2.05) is 0 Å². The number of hydrogen-bond donors (Lipinski definition) is 2. The van der Waals surface area contributed by atoms with E-state index < -0.39 is 8.32 Å². The fourth-order valence-corrected chi connectivity index (χ4v) is 4.42. The van der Waals surface area contributed by atoms with Crippen LogP contribution in [0.15, 0.2) is 30.3 Å². The van der Waals surface area contributed by atoms with Crippen LogP contribution >= 0.6 is 0 Å². The van der Waals surface area contributed by atoms with Crippen LogP contribution in [0.3, 0.4) is 0 Å².